The molecule has 0 aromatic carbocycles. The normalized spacial score (nSPS) is 17.6. The largest absolute Gasteiger partial charge is 0.343 e. The second-order valence-corrected chi connectivity index (χ2v) is 7.21. The number of rotatable bonds is 3. The van der Waals surface area contributed by atoms with E-state index in [2.05, 4.69) is 15.1 Å². The maximum atomic E-state index is 11.6. The van der Waals surface area contributed by atoms with Crippen LogP contribution in [-0.2, 0) is 11.3 Å². The van der Waals surface area contributed by atoms with Gasteiger partial charge in [-0.25, -0.2) is 4.98 Å². The third-order valence-corrected chi connectivity index (χ3v) is 5.09. The highest BCUT2D eigenvalue weighted by atomic mass is 35.5. The van der Waals surface area contributed by atoms with Gasteiger partial charge in [0.1, 0.15) is 5.15 Å². The van der Waals surface area contributed by atoms with E-state index in [9.17, 15) is 4.79 Å². The van der Waals surface area contributed by atoms with Gasteiger partial charge in [0.15, 0.2) is 0 Å². The van der Waals surface area contributed by atoms with Crippen molar-refractivity contribution in [3.05, 3.63) is 41.9 Å². The van der Waals surface area contributed by atoms with Gasteiger partial charge in [-0.3, -0.25) is 14.5 Å². The Labute approximate surface area is 156 Å². The van der Waals surface area contributed by atoms with Gasteiger partial charge in [-0.15, -0.1) is 0 Å². The second kappa shape index (κ2) is 7.03. The van der Waals surface area contributed by atoms with E-state index in [1.807, 2.05) is 40.3 Å². The number of carbonyl (C=O) groups excluding carboxylic acids is 1. The molecule has 0 radical (unpaired) electrons. The molecule has 0 aliphatic carbocycles. The van der Waals surface area contributed by atoms with Gasteiger partial charge in [0, 0.05) is 50.1 Å². The number of likely N-dealkylation sites (tertiary alicyclic amines) is 1. The zero-order valence-corrected chi connectivity index (χ0v) is 15.4. The molecule has 0 N–H and O–H groups in total. The molecule has 1 atom stereocenters. The van der Waals surface area contributed by atoms with Gasteiger partial charge in [-0.05, 0) is 37.0 Å². The van der Waals surface area contributed by atoms with Gasteiger partial charge in [0.25, 0.3) is 0 Å². The van der Waals surface area contributed by atoms with E-state index in [1.54, 1.807) is 13.0 Å². The lowest BCUT2D eigenvalue weighted by Gasteiger charge is -2.31. The van der Waals surface area contributed by atoms with Crippen LogP contribution in [0.25, 0.3) is 22.2 Å². The van der Waals surface area contributed by atoms with Crippen LogP contribution in [0.5, 0.6) is 0 Å². The number of aromatic nitrogens is 4. The van der Waals surface area contributed by atoms with Gasteiger partial charge in [-0.1, -0.05) is 11.6 Å². The van der Waals surface area contributed by atoms with Crippen molar-refractivity contribution in [1.82, 2.24) is 24.6 Å². The lowest BCUT2D eigenvalue weighted by Crippen LogP contribution is -2.39. The Morgan fingerprint density at radius 3 is 3.00 bits per heavy atom. The van der Waals surface area contributed by atoms with Crippen LogP contribution in [0.1, 0.15) is 19.8 Å². The maximum Gasteiger partial charge on any atom is 0.219 e. The number of pyridine rings is 2. The van der Waals surface area contributed by atoms with E-state index in [-0.39, 0.29) is 5.91 Å². The van der Waals surface area contributed by atoms with Gasteiger partial charge in [0.2, 0.25) is 5.91 Å². The number of piperidine rings is 1. The quantitative estimate of drug-likeness (QED) is 0.664. The van der Waals surface area contributed by atoms with Crippen LogP contribution in [0.15, 0.2) is 36.8 Å². The summed E-state index contributed by atoms with van der Waals surface area (Å²) in [7, 11) is 0. The SMILES string of the molecule is CC(=O)N1CCCC(Cn2cc(-c3cnc4ccc(Cl)nc4c3)cn2)C1. The summed E-state index contributed by atoms with van der Waals surface area (Å²) in [5.74, 6) is 0.597. The average Bonchev–Trinajstić information content (AvgIpc) is 3.09. The summed E-state index contributed by atoms with van der Waals surface area (Å²) in [5, 5.41) is 4.95. The van der Waals surface area contributed by atoms with Crippen LogP contribution in [0.3, 0.4) is 0 Å². The molecule has 1 aliphatic rings. The van der Waals surface area contributed by atoms with Crippen LogP contribution >= 0.6 is 11.6 Å². The zero-order valence-electron chi connectivity index (χ0n) is 14.6. The molecule has 0 spiro atoms. The lowest BCUT2D eigenvalue weighted by molar-refractivity contribution is -0.130. The van der Waals surface area contributed by atoms with E-state index in [0.29, 0.717) is 11.1 Å². The van der Waals surface area contributed by atoms with Gasteiger partial charge >= 0.3 is 0 Å². The maximum absolute atomic E-state index is 11.6. The van der Waals surface area contributed by atoms with E-state index in [1.165, 1.54) is 0 Å². The highest BCUT2D eigenvalue weighted by Crippen LogP contribution is 2.24. The Morgan fingerprint density at radius 2 is 2.15 bits per heavy atom. The van der Waals surface area contributed by atoms with Crippen LogP contribution < -0.4 is 0 Å². The third-order valence-electron chi connectivity index (χ3n) is 4.88. The van der Waals surface area contributed by atoms with Crippen LogP contribution in [0, 0.1) is 5.92 Å². The predicted octanol–water partition coefficient (Wildman–Crippen LogP) is 3.41. The first kappa shape index (κ1) is 17.0. The molecule has 3 aromatic heterocycles. The Morgan fingerprint density at radius 1 is 1.27 bits per heavy atom. The van der Waals surface area contributed by atoms with Crippen molar-refractivity contribution in [3.8, 4) is 11.1 Å². The first-order valence-electron chi connectivity index (χ1n) is 8.79. The summed E-state index contributed by atoms with van der Waals surface area (Å²) in [6.07, 6.45) is 7.88. The number of carbonyl (C=O) groups is 1. The minimum Gasteiger partial charge on any atom is -0.343 e. The summed E-state index contributed by atoms with van der Waals surface area (Å²) < 4.78 is 1.96. The fourth-order valence-corrected chi connectivity index (χ4v) is 3.67. The Kier molecular flexibility index (Phi) is 4.59. The van der Waals surface area contributed by atoms with Crippen molar-refractivity contribution in [2.75, 3.05) is 13.1 Å². The zero-order chi connectivity index (χ0) is 18.1. The fraction of sp³-hybridized carbons (Fsp3) is 0.368. The second-order valence-electron chi connectivity index (χ2n) is 6.82. The highest BCUT2D eigenvalue weighted by Gasteiger charge is 2.22. The molecule has 134 valence electrons. The van der Waals surface area contributed by atoms with Crippen LogP contribution in [0.2, 0.25) is 5.15 Å². The molecule has 0 bridgehead atoms. The number of hydrogen-bond acceptors (Lipinski definition) is 4. The summed E-state index contributed by atoms with van der Waals surface area (Å²) in [4.78, 5) is 22.3. The topological polar surface area (TPSA) is 63.9 Å². The molecule has 1 aliphatic heterocycles. The monoisotopic (exact) mass is 369 g/mol. The molecule has 26 heavy (non-hydrogen) atoms. The van der Waals surface area contributed by atoms with E-state index < -0.39 is 0 Å². The van der Waals surface area contributed by atoms with Crippen molar-refractivity contribution in [2.45, 2.75) is 26.3 Å². The van der Waals surface area contributed by atoms with Crippen molar-refractivity contribution in [1.29, 1.82) is 0 Å². The summed E-state index contributed by atoms with van der Waals surface area (Å²) >= 11 is 5.98. The predicted molar refractivity (Wildman–Crippen MR) is 101 cm³/mol. The number of halogens is 1. The summed E-state index contributed by atoms with van der Waals surface area (Å²) in [6.45, 7) is 4.13. The number of amides is 1. The smallest absolute Gasteiger partial charge is 0.219 e. The number of fused-ring (bicyclic) bond motifs is 1. The Balaban J connectivity index is 1.52. The number of hydrogen-bond donors (Lipinski definition) is 0. The van der Waals surface area contributed by atoms with Crippen molar-refractivity contribution in [2.24, 2.45) is 5.92 Å². The fourth-order valence-electron chi connectivity index (χ4n) is 3.52. The summed E-state index contributed by atoms with van der Waals surface area (Å²) in [6, 6.07) is 5.58. The van der Waals surface area contributed by atoms with E-state index in [0.717, 1.165) is 54.6 Å². The van der Waals surface area contributed by atoms with Crippen LogP contribution in [-0.4, -0.2) is 43.6 Å². The molecule has 1 fully saturated rings. The molecule has 6 nitrogen and oxygen atoms in total. The van der Waals surface area contributed by atoms with Gasteiger partial charge < -0.3 is 4.90 Å². The van der Waals surface area contributed by atoms with E-state index >= 15 is 0 Å². The van der Waals surface area contributed by atoms with Crippen molar-refractivity contribution in [3.63, 3.8) is 0 Å². The third kappa shape index (κ3) is 3.55. The average molecular weight is 370 g/mol. The highest BCUT2D eigenvalue weighted by molar-refractivity contribution is 6.29. The minimum atomic E-state index is 0.157. The molecule has 1 unspecified atom stereocenters. The summed E-state index contributed by atoms with van der Waals surface area (Å²) in [5.41, 5.74) is 3.55. The first-order valence-corrected chi connectivity index (χ1v) is 9.17. The van der Waals surface area contributed by atoms with Crippen molar-refractivity contribution >= 4 is 28.5 Å². The molecular formula is C19H20ClN5O. The lowest BCUT2D eigenvalue weighted by atomic mass is 9.98. The van der Waals surface area contributed by atoms with Gasteiger partial charge in [0.05, 0.1) is 17.2 Å². The molecule has 1 amide bonds. The van der Waals surface area contributed by atoms with Gasteiger partial charge in [-0.2, -0.15) is 5.10 Å². The molecule has 7 heteroatoms. The molecule has 4 heterocycles. The van der Waals surface area contributed by atoms with Crippen molar-refractivity contribution < 1.29 is 4.79 Å². The number of nitrogens with zero attached hydrogens (tertiary/aromatic N) is 5. The molecular weight excluding hydrogens is 350 g/mol. The Bertz CT molecular complexity index is 954. The standard InChI is InChI=1S/C19H20ClN5O/c1-13(26)24-6-2-3-14(10-24)11-25-12-16(9-22-25)15-7-18-17(21-8-15)4-5-19(20)23-18/h4-5,7-9,12,14H,2-3,6,10-11H2,1H3. The minimum absolute atomic E-state index is 0.157. The van der Waals surface area contributed by atoms with Crippen LogP contribution in [0.4, 0.5) is 0 Å². The van der Waals surface area contributed by atoms with E-state index in [4.69, 9.17) is 11.6 Å². The first-order chi connectivity index (χ1) is 12.6. The molecule has 3 aromatic rings. The Hall–Kier alpha value is -2.47. The molecule has 0 saturated carbocycles. The molecule has 4 rings (SSSR count). The molecule has 1 saturated heterocycles.